The number of carbonyl (C=O) groups is 1. The molecular formula is C15H21N3O2S. The van der Waals surface area contributed by atoms with Gasteiger partial charge in [-0.25, -0.2) is 4.79 Å². The van der Waals surface area contributed by atoms with Gasteiger partial charge in [-0.2, -0.15) is 0 Å². The maximum absolute atomic E-state index is 12.2. The molecule has 1 aromatic heterocycles. The second-order valence-corrected chi connectivity index (χ2v) is 6.29. The molecule has 114 valence electrons. The topological polar surface area (TPSA) is 58.1 Å². The van der Waals surface area contributed by atoms with Crippen LogP contribution in [0.25, 0.3) is 0 Å². The zero-order valence-corrected chi connectivity index (χ0v) is 13.0. The summed E-state index contributed by atoms with van der Waals surface area (Å²) in [6, 6.07) is 0. The largest absolute Gasteiger partial charge is 0.343 e. The number of H-pyrrole nitrogens is 1. The third-order valence-electron chi connectivity index (χ3n) is 4.49. The fourth-order valence-corrected chi connectivity index (χ4v) is 3.70. The van der Waals surface area contributed by atoms with E-state index in [1.54, 1.807) is 0 Å². The highest BCUT2D eigenvalue weighted by Gasteiger charge is 2.20. The molecule has 0 atom stereocenters. The zero-order chi connectivity index (χ0) is 14.8. The number of amides is 1. The van der Waals surface area contributed by atoms with Gasteiger partial charge in [0, 0.05) is 37.3 Å². The number of aromatic amines is 1. The van der Waals surface area contributed by atoms with Gasteiger partial charge in [0.2, 0.25) is 5.91 Å². The maximum atomic E-state index is 12.2. The van der Waals surface area contributed by atoms with Crippen molar-refractivity contribution in [2.45, 2.75) is 51.5 Å². The fourth-order valence-electron chi connectivity index (χ4n) is 3.39. The molecule has 6 heteroatoms. The van der Waals surface area contributed by atoms with E-state index in [1.165, 1.54) is 0 Å². The minimum absolute atomic E-state index is 0.103. The molecule has 21 heavy (non-hydrogen) atoms. The molecular weight excluding hydrogens is 286 g/mol. The average molecular weight is 307 g/mol. The Hall–Kier alpha value is -1.43. The average Bonchev–Trinajstić information content (AvgIpc) is 2.88. The van der Waals surface area contributed by atoms with Gasteiger partial charge in [0.25, 0.3) is 0 Å². The van der Waals surface area contributed by atoms with E-state index in [1.807, 2.05) is 9.47 Å². The summed E-state index contributed by atoms with van der Waals surface area (Å²) in [6.07, 6.45) is 6.63. The molecule has 0 spiro atoms. The van der Waals surface area contributed by atoms with Crippen LogP contribution in [0.1, 0.15) is 43.4 Å². The van der Waals surface area contributed by atoms with Gasteiger partial charge < -0.3 is 4.90 Å². The number of aromatic nitrogens is 2. The van der Waals surface area contributed by atoms with Crippen molar-refractivity contribution in [3.8, 4) is 0 Å². The lowest BCUT2D eigenvalue weighted by atomic mass is 9.97. The number of rotatable bonds is 4. The number of fused-ring (bicyclic) bond motifs is 1. The fraction of sp³-hybridized carbons (Fsp3) is 0.667. The van der Waals surface area contributed by atoms with E-state index in [9.17, 15) is 9.59 Å². The number of nitrogens with zero attached hydrogens (tertiary/aromatic N) is 2. The summed E-state index contributed by atoms with van der Waals surface area (Å²) in [4.78, 5) is 28.5. The molecule has 0 bridgehead atoms. The van der Waals surface area contributed by atoms with Gasteiger partial charge in [0.15, 0.2) is 0 Å². The van der Waals surface area contributed by atoms with Crippen LogP contribution < -0.4 is 5.69 Å². The second kappa shape index (κ2) is 6.13. The highest BCUT2D eigenvalue weighted by Crippen LogP contribution is 2.20. The summed E-state index contributed by atoms with van der Waals surface area (Å²) in [6.45, 7) is 2.27. The van der Waals surface area contributed by atoms with Gasteiger partial charge in [0.05, 0.1) is 0 Å². The van der Waals surface area contributed by atoms with Crippen LogP contribution in [-0.4, -0.2) is 33.4 Å². The molecule has 1 N–H and O–H groups in total. The van der Waals surface area contributed by atoms with Crippen LogP contribution >= 0.6 is 12.2 Å². The van der Waals surface area contributed by atoms with Crippen LogP contribution in [0, 0.1) is 4.64 Å². The lowest BCUT2D eigenvalue weighted by molar-refractivity contribution is -0.127. The Kier molecular flexibility index (Phi) is 4.24. The predicted octanol–water partition coefficient (Wildman–Crippen LogP) is 1.80. The number of likely N-dealkylation sites (tertiary alicyclic amines) is 1. The molecule has 3 rings (SSSR count). The van der Waals surface area contributed by atoms with E-state index in [0.717, 1.165) is 62.9 Å². The minimum atomic E-state index is -0.103. The monoisotopic (exact) mass is 307 g/mol. The second-order valence-electron chi connectivity index (χ2n) is 5.88. The Morgan fingerprint density at radius 2 is 1.86 bits per heavy atom. The zero-order valence-electron chi connectivity index (χ0n) is 12.2. The Morgan fingerprint density at radius 3 is 2.62 bits per heavy atom. The highest BCUT2D eigenvalue weighted by molar-refractivity contribution is 7.71. The van der Waals surface area contributed by atoms with Crippen LogP contribution in [0.5, 0.6) is 0 Å². The molecule has 0 aromatic carbocycles. The van der Waals surface area contributed by atoms with E-state index in [0.29, 0.717) is 17.6 Å². The molecule has 2 heterocycles. The van der Waals surface area contributed by atoms with Crippen LogP contribution in [0.3, 0.4) is 0 Å². The van der Waals surface area contributed by atoms with Crippen LogP contribution in [0.2, 0.25) is 0 Å². The molecule has 0 radical (unpaired) electrons. The SMILES string of the molecule is O=C1CCCN1CCCn1c2c(c(=S)[nH]c1=O)CCCC2. The molecule has 0 saturated carbocycles. The lowest BCUT2D eigenvalue weighted by Gasteiger charge is -2.21. The molecule has 5 nitrogen and oxygen atoms in total. The lowest BCUT2D eigenvalue weighted by Crippen LogP contribution is -2.32. The molecule has 1 aromatic rings. The first-order chi connectivity index (χ1) is 10.2. The molecule has 1 saturated heterocycles. The molecule has 1 amide bonds. The Labute approximate surface area is 129 Å². The van der Waals surface area contributed by atoms with Gasteiger partial charge in [-0.1, -0.05) is 12.2 Å². The Bertz CT molecular complexity index is 662. The van der Waals surface area contributed by atoms with E-state index < -0.39 is 0 Å². The van der Waals surface area contributed by atoms with Gasteiger partial charge in [-0.15, -0.1) is 0 Å². The molecule has 0 unspecified atom stereocenters. The Balaban J connectivity index is 1.74. The van der Waals surface area contributed by atoms with E-state index in [2.05, 4.69) is 4.98 Å². The Morgan fingerprint density at radius 1 is 1.05 bits per heavy atom. The van der Waals surface area contributed by atoms with Crippen molar-refractivity contribution in [2.75, 3.05) is 13.1 Å². The summed E-state index contributed by atoms with van der Waals surface area (Å²) in [5.41, 5.74) is 2.16. The minimum Gasteiger partial charge on any atom is -0.343 e. The molecule has 1 aliphatic carbocycles. The summed E-state index contributed by atoms with van der Waals surface area (Å²) >= 11 is 5.28. The third-order valence-corrected chi connectivity index (χ3v) is 4.83. The normalized spacial score (nSPS) is 18.1. The first-order valence-electron chi connectivity index (χ1n) is 7.79. The summed E-state index contributed by atoms with van der Waals surface area (Å²) in [5, 5.41) is 0. The number of hydrogen-bond donors (Lipinski definition) is 1. The van der Waals surface area contributed by atoms with Crippen molar-refractivity contribution in [3.63, 3.8) is 0 Å². The van der Waals surface area contributed by atoms with Crippen LogP contribution in [0.4, 0.5) is 0 Å². The number of nitrogens with one attached hydrogen (secondary N) is 1. The van der Waals surface area contributed by atoms with Crippen LogP contribution in [-0.2, 0) is 24.2 Å². The predicted molar refractivity (Wildman–Crippen MR) is 83.0 cm³/mol. The maximum Gasteiger partial charge on any atom is 0.326 e. The molecule has 1 fully saturated rings. The smallest absolute Gasteiger partial charge is 0.326 e. The first-order valence-corrected chi connectivity index (χ1v) is 8.20. The van der Waals surface area contributed by atoms with Crippen molar-refractivity contribution < 1.29 is 4.79 Å². The van der Waals surface area contributed by atoms with E-state index in [4.69, 9.17) is 12.2 Å². The van der Waals surface area contributed by atoms with Crippen molar-refractivity contribution in [1.82, 2.24) is 14.5 Å². The summed E-state index contributed by atoms with van der Waals surface area (Å²) in [7, 11) is 0. The van der Waals surface area contributed by atoms with E-state index in [-0.39, 0.29) is 11.6 Å². The summed E-state index contributed by atoms with van der Waals surface area (Å²) in [5.74, 6) is 0.247. The van der Waals surface area contributed by atoms with Gasteiger partial charge >= 0.3 is 5.69 Å². The van der Waals surface area contributed by atoms with Gasteiger partial charge in [-0.3, -0.25) is 14.3 Å². The van der Waals surface area contributed by atoms with Gasteiger partial charge in [-0.05, 0) is 38.5 Å². The van der Waals surface area contributed by atoms with Crippen molar-refractivity contribution in [3.05, 3.63) is 26.4 Å². The number of carbonyl (C=O) groups excluding carboxylic acids is 1. The summed E-state index contributed by atoms with van der Waals surface area (Å²) < 4.78 is 2.45. The standard InChI is InChI=1S/C15H21N3O2S/c19-13-7-3-8-17(13)9-4-10-18-12-6-2-1-5-11(12)14(21)16-15(18)20/h1-10H2,(H,16,20,21). The highest BCUT2D eigenvalue weighted by atomic mass is 32.1. The molecule has 2 aliphatic rings. The van der Waals surface area contributed by atoms with Crippen molar-refractivity contribution >= 4 is 18.1 Å². The molecule has 1 aliphatic heterocycles. The van der Waals surface area contributed by atoms with Gasteiger partial charge in [0.1, 0.15) is 4.64 Å². The van der Waals surface area contributed by atoms with Crippen molar-refractivity contribution in [2.24, 2.45) is 0 Å². The van der Waals surface area contributed by atoms with E-state index >= 15 is 0 Å². The first kappa shape index (κ1) is 14.5. The van der Waals surface area contributed by atoms with Crippen LogP contribution in [0.15, 0.2) is 4.79 Å². The quantitative estimate of drug-likeness (QED) is 0.863. The van der Waals surface area contributed by atoms with Crippen molar-refractivity contribution in [1.29, 1.82) is 0 Å². The third kappa shape index (κ3) is 2.95. The number of hydrogen-bond acceptors (Lipinski definition) is 3.